The molecule has 3 nitrogen and oxygen atoms in total. The summed E-state index contributed by atoms with van der Waals surface area (Å²) in [6.45, 7) is 0. The predicted molar refractivity (Wildman–Crippen MR) is 68.3 cm³/mol. The van der Waals surface area contributed by atoms with E-state index in [1.54, 1.807) is 6.07 Å². The summed E-state index contributed by atoms with van der Waals surface area (Å²) in [6, 6.07) is 5.35. The highest BCUT2D eigenvalue weighted by Crippen LogP contribution is 2.25. The second-order valence-corrected chi connectivity index (χ2v) is 4.20. The topological polar surface area (TPSA) is 30.7 Å². The Hall–Kier alpha value is -2.01. The van der Waals surface area contributed by atoms with E-state index in [2.05, 4.69) is 9.97 Å². The van der Waals surface area contributed by atoms with Crippen molar-refractivity contribution < 1.29 is 8.78 Å². The highest BCUT2D eigenvalue weighted by Gasteiger charge is 2.18. The second kappa shape index (κ2) is 4.59. The molecule has 0 saturated carbocycles. The SMILES string of the molecule is Fc1cccc(F)c1-n1c(CCl)nc2cnccc21. The first-order valence-corrected chi connectivity index (χ1v) is 6.07. The molecule has 0 unspecified atom stereocenters. The maximum Gasteiger partial charge on any atom is 0.150 e. The third kappa shape index (κ3) is 1.86. The van der Waals surface area contributed by atoms with Gasteiger partial charge < -0.3 is 0 Å². The predicted octanol–water partition coefficient (Wildman–Crippen LogP) is 3.44. The lowest BCUT2D eigenvalue weighted by Gasteiger charge is -2.09. The zero-order valence-corrected chi connectivity index (χ0v) is 10.4. The number of alkyl halides is 1. The molecule has 2 aromatic heterocycles. The van der Waals surface area contributed by atoms with Gasteiger partial charge in [0.2, 0.25) is 0 Å². The number of nitrogens with zero attached hydrogens (tertiary/aromatic N) is 3. The Morgan fingerprint density at radius 3 is 2.58 bits per heavy atom. The Morgan fingerprint density at radius 1 is 1.16 bits per heavy atom. The summed E-state index contributed by atoms with van der Waals surface area (Å²) in [5.41, 5.74) is 0.933. The highest BCUT2D eigenvalue weighted by molar-refractivity contribution is 6.17. The van der Waals surface area contributed by atoms with Crippen LogP contribution < -0.4 is 0 Å². The Labute approximate surface area is 112 Å². The highest BCUT2D eigenvalue weighted by atomic mass is 35.5. The van der Waals surface area contributed by atoms with Gasteiger partial charge in [-0.15, -0.1) is 11.6 Å². The average molecular weight is 280 g/mol. The minimum atomic E-state index is -0.664. The van der Waals surface area contributed by atoms with E-state index in [1.165, 1.54) is 35.2 Å². The number of benzene rings is 1. The van der Waals surface area contributed by atoms with Crippen LogP contribution in [0.15, 0.2) is 36.7 Å². The number of rotatable bonds is 2. The Balaban J connectivity index is 2.41. The number of fused-ring (bicyclic) bond motifs is 1. The van der Waals surface area contributed by atoms with Crippen LogP contribution in [-0.4, -0.2) is 14.5 Å². The van der Waals surface area contributed by atoms with Crippen LogP contribution in [0.3, 0.4) is 0 Å². The van der Waals surface area contributed by atoms with Gasteiger partial charge in [0.05, 0.1) is 17.6 Å². The molecule has 6 heteroatoms. The van der Waals surface area contributed by atoms with Crippen molar-refractivity contribution in [3.8, 4) is 5.69 Å². The molecule has 0 radical (unpaired) electrons. The number of para-hydroxylation sites is 1. The normalized spacial score (nSPS) is 11.1. The second-order valence-electron chi connectivity index (χ2n) is 3.93. The minimum Gasteiger partial charge on any atom is -0.290 e. The largest absolute Gasteiger partial charge is 0.290 e. The van der Waals surface area contributed by atoms with Gasteiger partial charge in [0.1, 0.15) is 28.7 Å². The lowest BCUT2D eigenvalue weighted by Crippen LogP contribution is -2.05. The Kier molecular flexibility index (Phi) is 2.91. The molecule has 0 bridgehead atoms. The van der Waals surface area contributed by atoms with Crippen molar-refractivity contribution in [1.29, 1.82) is 0 Å². The number of hydrogen-bond acceptors (Lipinski definition) is 2. The first-order valence-electron chi connectivity index (χ1n) is 5.54. The van der Waals surface area contributed by atoms with Crippen LogP contribution in [0, 0.1) is 11.6 Å². The molecular formula is C13H8ClF2N3. The van der Waals surface area contributed by atoms with Crippen LogP contribution in [-0.2, 0) is 5.88 Å². The van der Waals surface area contributed by atoms with Crippen molar-refractivity contribution in [1.82, 2.24) is 14.5 Å². The molecule has 19 heavy (non-hydrogen) atoms. The Bertz CT molecular complexity index is 734. The maximum absolute atomic E-state index is 13.9. The summed E-state index contributed by atoms with van der Waals surface area (Å²) in [6.07, 6.45) is 3.07. The summed E-state index contributed by atoms with van der Waals surface area (Å²) in [7, 11) is 0. The van der Waals surface area contributed by atoms with E-state index < -0.39 is 11.6 Å². The smallest absolute Gasteiger partial charge is 0.150 e. The van der Waals surface area contributed by atoms with E-state index in [4.69, 9.17) is 11.6 Å². The standard InChI is InChI=1S/C13H8ClF2N3/c14-6-12-18-10-7-17-5-4-11(10)19(12)13-8(15)2-1-3-9(13)16/h1-5,7H,6H2. The van der Waals surface area contributed by atoms with Crippen molar-refractivity contribution >= 4 is 22.6 Å². The van der Waals surface area contributed by atoms with Crippen LogP contribution in [0.25, 0.3) is 16.7 Å². The monoisotopic (exact) mass is 279 g/mol. The summed E-state index contributed by atoms with van der Waals surface area (Å²) >= 11 is 5.81. The molecule has 0 saturated heterocycles. The molecule has 2 heterocycles. The van der Waals surface area contributed by atoms with E-state index in [-0.39, 0.29) is 11.6 Å². The molecule has 0 fully saturated rings. The molecule has 96 valence electrons. The molecule has 3 aromatic rings. The Morgan fingerprint density at radius 2 is 1.89 bits per heavy atom. The van der Waals surface area contributed by atoms with Crippen LogP contribution in [0.1, 0.15) is 5.82 Å². The van der Waals surface area contributed by atoms with Gasteiger partial charge in [-0.25, -0.2) is 13.8 Å². The van der Waals surface area contributed by atoms with Crippen molar-refractivity contribution in [2.75, 3.05) is 0 Å². The molecule has 0 amide bonds. The summed E-state index contributed by atoms with van der Waals surface area (Å²) in [5, 5.41) is 0. The van der Waals surface area contributed by atoms with Crippen molar-refractivity contribution in [3.05, 3.63) is 54.1 Å². The third-order valence-corrected chi connectivity index (χ3v) is 3.05. The van der Waals surface area contributed by atoms with E-state index in [9.17, 15) is 8.78 Å². The quantitative estimate of drug-likeness (QED) is 0.673. The molecule has 0 N–H and O–H groups in total. The van der Waals surface area contributed by atoms with Gasteiger partial charge in [-0.2, -0.15) is 0 Å². The minimum absolute atomic E-state index is 0.0441. The van der Waals surface area contributed by atoms with E-state index in [0.717, 1.165) is 0 Å². The fraction of sp³-hybridized carbons (Fsp3) is 0.0769. The van der Waals surface area contributed by atoms with Crippen LogP contribution in [0.2, 0.25) is 0 Å². The summed E-state index contributed by atoms with van der Waals surface area (Å²) < 4.78 is 29.2. The number of imidazole rings is 1. The molecule has 0 aliphatic rings. The van der Waals surface area contributed by atoms with Gasteiger partial charge in [-0.3, -0.25) is 9.55 Å². The van der Waals surface area contributed by atoms with Crippen LogP contribution >= 0.6 is 11.6 Å². The molecule has 0 atom stereocenters. The molecule has 0 aliphatic heterocycles. The number of halogens is 3. The van der Waals surface area contributed by atoms with Gasteiger partial charge in [0.25, 0.3) is 0 Å². The third-order valence-electron chi connectivity index (χ3n) is 2.81. The van der Waals surface area contributed by atoms with Gasteiger partial charge in [0, 0.05) is 6.20 Å². The molecule has 1 aromatic carbocycles. The zero-order chi connectivity index (χ0) is 13.4. The number of aromatic nitrogens is 3. The van der Waals surface area contributed by atoms with Crippen molar-refractivity contribution in [3.63, 3.8) is 0 Å². The molecular weight excluding hydrogens is 272 g/mol. The first-order chi connectivity index (χ1) is 9.22. The molecule has 3 rings (SSSR count). The fourth-order valence-corrected chi connectivity index (χ4v) is 2.20. The lowest BCUT2D eigenvalue weighted by molar-refractivity contribution is 0.569. The van der Waals surface area contributed by atoms with Gasteiger partial charge >= 0.3 is 0 Å². The van der Waals surface area contributed by atoms with Crippen molar-refractivity contribution in [2.45, 2.75) is 5.88 Å². The first kappa shape index (κ1) is 12.0. The van der Waals surface area contributed by atoms with Gasteiger partial charge in [0.15, 0.2) is 0 Å². The van der Waals surface area contributed by atoms with Crippen LogP contribution in [0.4, 0.5) is 8.78 Å². The van der Waals surface area contributed by atoms with Gasteiger partial charge in [-0.05, 0) is 18.2 Å². The maximum atomic E-state index is 13.9. The summed E-state index contributed by atoms with van der Waals surface area (Å²) in [5.74, 6) is -0.916. The van der Waals surface area contributed by atoms with E-state index in [1.807, 2.05) is 0 Å². The van der Waals surface area contributed by atoms with Crippen molar-refractivity contribution in [2.24, 2.45) is 0 Å². The zero-order valence-electron chi connectivity index (χ0n) is 9.65. The average Bonchev–Trinajstić information content (AvgIpc) is 2.77. The summed E-state index contributed by atoms with van der Waals surface area (Å²) in [4.78, 5) is 8.16. The van der Waals surface area contributed by atoms with Crippen LogP contribution in [0.5, 0.6) is 0 Å². The molecule has 0 spiro atoms. The number of pyridine rings is 1. The van der Waals surface area contributed by atoms with E-state index in [0.29, 0.717) is 16.9 Å². The van der Waals surface area contributed by atoms with E-state index >= 15 is 0 Å². The number of hydrogen-bond donors (Lipinski definition) is 0. The van der Waals surface area contributed by atoms with Gasteiger partial charge in [-0.1, -0.05) is 6.07 Å². The molecule has 0 aliphatic carbocycles. The lowest BCUT2D eigenvalue weighted by atomic mass is 10.2. The fourth-order valence-electron chi connectivity index (χ4n) is 2.02.